The average molecular weight is 440 g/mol. The van der Waals surface area contributed by atoms with Gasteiger partial charge in [0.25, 0.3) is 5.91 Å². The number of methoxy groups -OCH3 is 1. The highest BCUT2D eigenvalue weighted by Gasteiger charge is 2.30. The van der Waals surface area contributed by atoms with Gasteiger partial charge in [0.1, 0.15) is 5.75 Å². The van der Waals surface area contributed by atoms with Crippen molar-refractivity contribution < 1.29 is 18.7 Å². The minimum absolute atomic E-state index is 0.0242. The van der Waals surface area contributed by atoms with E-state index < -0.39 is 5.82 Å². The highest BCUT2D eigenvalue weighted by atomic mass is 32.1. The number of ether oxygens (including phenoxy) is 2. The minimum atomic E-state index is -0.417. The van der Waals surface area contributed by atoms with Crippen LogP contribution in [-0.4, -0.2) is 47.1 Å². The summed E-state index contributed by atoms with van der Waals surface area (Å²) < 4.78 is 26.9. The molecule has 1 aliphatic rings. The molecule has 6 nitrogen and oxygen atoms in total. The summed E-state index contributed by atoms with van der Waals surface area (Å²) >= 11 is 1.32. The number of rotatable bonds is 5. The average Bonchev–Trinajstić information content (AvgIpc) is 3.48. The van der Waals surface area contributed by atoms with E-state index in [4.69, 9.17) is 9.47 Å². The first-order valence-corrected chi connectivity index (χ1v) is 11.0. The monoisotopic (exact) mass is 439 g/mol. The van der Waals surface area contributed by atoms with Crippen LogP contribution < -0.4 is 4.74 Å². The third-order valence-electron chi connectivity index (χ3n) is 5.64. The van der Waals surface area contributed by atoms with E-state index in [1.807, 2.05) is 11.8 Å². The summed E-state index contributed by atoms with van der Waals surface area (Å²) in [5.41, 5.74) is 2.27. The van der Waals surface area contributed by atoms with E-state index in [2.05, 4.69) is 9.97 Å². The Kier molecular flexibility index (Phi) is 5.11. The number of carbonyl (C=O) groups is 1. The number of nitrogens with one attached hydrogen (secondary N) is 1. The molecular weight excluding hydrogens is 417 g/mol. The Balaban J connectivity index is 1.48. The number of aromatic nitrogens is 2. The predicted octanol–water partition coefficient (Wildman–Crippen LogP) is 5.27. The van der Waals surface area contributed by atoms with Crippen LogP contribution in [0.3, 0.4) is 0 Å². The molecule has 0 saturated carbocycles. The summed E-state index contributed by atoms with van der Waals surface area (Å²) in [5.74, 6) is 0.178. The van der Waals surface area contributed by atoms with Crippen LogP contribution in [0, 0.1) is 12.7 Å². The quantitative estimate of drug-likeness (QED) is 0.460. The number of pyridine rings is 1. The molecule has 31 heavy (non-hydrogen) atoms. The van der Waals surface area contributed by atoms with E-state index in [0.717, 1.165) is 35.3 Å². The van der Waals surface area contributed by atoms with Gasteiger partial charge in [0, 0.05) is 42.5 Å². The largest absolute Gasteiger partial charge is 0.453 e. The van der Waals surface area contributed by atoms with E-state index in [1.165, 1.54) is 11.3 Å². The normalized spacial score (nSPS) is 16.5. The number of halogens is 1. The molecule has 1 fully saturated rings. The summed E-state index contributed by atoms with van der Waals surface area (Å²) in [7, 11) is 1.65. The van der Waals surface area contributed by atoms with Gasteiger partial charge in [-0.15, -0.1) is 11.3 Å². The van der Waals surface area contributed by atoms with E-state index in [0.29, 0.717) is 28.1 Å². The number of H-pyrrole nitrogens is 1. The van der Waals surface area contributed by atoms with E-state index in [1.54, 1.807) is 43.6 Å². The molecule has 1 atom stereocenters. The molecule has 0 aliphatic carbocycles. The van der Waals surface area contributed by atoms with Crippen LogP contribution in [0.2, 0.25) is 0 Å². The molecule has 5 rings (SSSR count). The lowest BCUT2D eigenvalue weighted by molar-refractivity contribution is 0.0635. The zero-order valence-corrected chi connectivity index (χ0v) is 18.1. The molecule has 1 amide bonds. The zero-order chi connectivity index (χ0) is 21.5. The SMILES string of the molecule is COC[C@@H]1CCCN1C(=O)c1cc2nccc(Oc3ccc4[nH]c(C)cc4c3F)c2s1. The number of carbonyl (C=O) groups excluding carboxylic acids is 1. The van der Waals surface area contributed by atoms with Gasteiger partial charge in [-0.05, 0) is 44.0 Å². The van der Waals surface area contributed by atoms with Gasteiger partial charge < -0.3 is 19.4 Å². The Bertz CT molecular complexity index is 1280. The van der Waals surface area contributed by atoms with Gasteiger partial charge >= 0.3 is 0 Å². The molecule has 1 N–H and O–H groups in total. The fraction of sp³-hybridized carbons (Fsp3) is 0.304. The van der Waals surface area contributed by atoms with Crippen LogP contribution in [0.15, 0.2) is 36.5 Å². The van der Waals surface area contributed by atoms with Crippen molar-refractivity contribution in [3.63, 3.8) is 0 Å². The zero-order valence-electron chi connectivity index (χ0n) is 17.3. The Hall–Kier alpha value is -2.97. The van der Waals surface area contributed by atoms with Crippen molar-refractivity contribution in [3.05, 3.63) is 52.9 Å². The molecule has 3 aromatic heterocycles. The maximum Gasteiger partial charge on any atom is 0.264 e. The van der Waals surface area contributed by atoms with Gasteiger partial charge in [-0.1, -0.05) is 0 Å². The number of likely N-dealkylation sites (tertiary alicyclic amines) is 1. The Morgan fingerprint density at radius 3 is 3.03 bits per heavy atom. The summed E-state index contributed by atoms with van der Waals surface area (Å²) in [6.07, 6.45) is 3.52. The fourth-order valence-electron chi connectivity index (χ4n) is 4.20. The molecular formula is C23H22FN3O3S. The highest BCUT2D eigenvalue weighted by Crippen LogP contribution is 2.38. The Morgan fingerprint density at radius 2 is 2.19 bits per heavy atom. The third kappa shape index (κ3) is 3.55. The number of aryl methyl sites for hydroxylation is 1. The fourth-order valence-corrected chi connectivity index (χ4v) is 5.22. The standard InChI is InChI=1S/C23H22FN3O3S/c1-13-10-15-16(26-13)5-6-18(21(15)24)30-19-7-8-25-17-11-20(31-22(17)19)23(28)27-9-3-4-14(27)12-29-2/h5-8,10-11,14,26H,3-4,9,12H2,1-2H3/t14-/m0/s1. The van der Waals surface area contributed by atoms with Crippen molar-refractivity contribution in [1.82, 2.24) is 14.9 Å². The van der Waals surface area contributed by atoms with Crippen LogP contribution in [0.5, 0.6) is 11.5 Å². The van der Waals surface area contributed by atoms with Crippen molar-refractivity contribution in [1.29, 1.82) is 0 Å². The third-order valence-corrected chi connectivity index (χ3v) is 6.77. The number of hydrogen-bond donors (Lipinski definition) is 1. The summed E-state index contributed by atoms with van der Waals surface area (Å²) in [6.45, 7) is 3.14. The molecule has 4 heterocycles. The molecule has 1 aromatic carbocycles. The van der Waals surface area contributed by atoms with Crippen LogP contribution in [0.25, 0.3) is 21.1 Å². The maximum atomic E-state index is 15.0. The Morgan fingerprint density at radius 1 is 1.32 bits per heavy atom. The van der Waals surface area contributed by atoms with Crippen molar-refractivity contribution in [2.75, 3.05) is 20.3 Å². The second-order valence-corrected chi connectivity index (χ2v) is 8.83. The van der Waals surface area contributed by atoms with E-state index >= 15 is 0 Å². The first-order chi connectivity index (χ1) is 15.0. The molecule has 0 bridgehead atoms. The number of amides is 1. The number of aromatic amines is 1. The number of thiophene rings is 1. The van der Waals surface area contributed by atoms with Gasteiger partial charge in [0.2, 0.25) is 0 Å². The van der Waals surface area contributed by atoms with E-state index in [-0.39, 0.29) is 17.7 Å². The first-order valence-electron chi connectivity index (χ1n) is 10.2. The molecule has 1 saturated heterocycles. The van der Waals surface area contributed by atoms with Crippen molar-refractivity contribution in [2.24, 2.45) is 0 Å². The van der Waals surface area contributed by atoms with Gasteiger partial charge in [0.15, 0.2) is 11.6 Å². The first kappa shape index (κ1) is 20.0. The van der Waals surface area contributed by atoms with Crippen molar-refractivity contribution in [2.45, 2.75) is 25.8 Å². The number of fused-ring (bicyclic) bond motifs is 2. The van der Waals surface area contributed by atoms with Gasteiger partial charge in [-0.3, -0.25) is 9.78 Å². The summed E-state index contributed by atoms with van der Waals surface area (Å²) in [4.78, 5) is 23.1. The number of nitrogens with zero attached hydrogens (tertiary/aromatic N) is 2. The van der Waals surface area contributed by atoms with Crippen molar-refractivity contribution >= 4 is 38.4 Å². The second-order valence-electron chi connectivity index (χ2n) is 7.78. The minimum Gasteiger partial charge on any atom is -0.453 e. The molecule has 4 aromatic rings. The molecule has 0 radical (unpaired) electrons. The van der Waals surface area contributed by atoms with Gasteiger partial charge in [-0.25, -0.2) is 4.39 Å². The van der Waals surface area contributed by atoms with Crippen LogP contribution >= 0.6 is 11.3 Å². The molecule has 160 valence electrons. The molecule has 1 aliphatic heterocycles. The lowest BCUT2D eigenvalue weighted by Crippen LogP contribution is -2.37. The summed E-state index contributed by atoms with van der Waals surface area (Å²) in [6, 6.07) is 8.74. The smallest absolute Gasteiger partial charge is 0.264 e. The van der Waals surface area contributed by atoms with Gasteiger partial charge in [0.05, 0.1) is 27.7 Å². The molecule has 0 spiro atoms. The van der Waals surface area contributed by atoms with E-state index in [9.17, 15) is 9.18 Å². The summed E-state index contributed by atoms with van der Waals surface area (Å²) in [5, 5.41) is 0.487. The topological polar surface area (TPSA) is 67.4 Å². The maximum absolute atomic E-state index is 15.0. The van der Waals surface area contributed by atoms with Crippen LogP contribution in [0.4, 0.5) is 4.39 Å². The number of benzene rings is 1. The highest BCUT2D eigenvalue weighted by molar-refractivity contribution is 7.21. The van der Waals surface area contributed by atoms with Gasteiger partial charge in [-0.2, -0.15) is 0 Å². The second kappa shape index (κ2) is 7.94. The lowest BCUT2D eigenvalue weighted by Gasteiger charge is -2.23. The van der Waals surface area contributed by atoms with Crippen molar-refractivity contribution in [3.8, 4) is 11.5 Å². The van der Waals surface area contributed by atoms with Crippen LogP contribution in [0.1, 0.15) is 28.2 Å². The molecule has 8 heteroatoms. The Labute approximate surface area is 182 Å². The van der Waals surface area contributed by atoms with Crippen LogP contribution in [-0.2, 0) is 4.74 Å². The lowest BCUT2D eigenvalue weighted by atomic mass is 10.2. The predicted molar refractivity (Wildman–Crippen MR) is 119 cm³/mol. The number of hydrogen-bond acceptors (Lipinski definition) is 5. The molecule has 0 unspecified atom stereocenters.